The standard InChI is InChI=1S/C24H34N2O5/c1-23(2,3)18-15-20(31-4)24(16-19(18)27,17-11-7-5-8-12-17)26(22(25)30)14-10-6-9-13-21(28)29/h5,7-8,11-12,15,27H,6,9-10,13-14,16H2,1-4H3,(H2,25,30)(H,28,29). The maximum Gasteiger partial charge on any atom is 0.315 e. The molecule has 1 aliphatic rings. The lowest BCUT2D eigenvalue weighted by atomic mass is 9.73. The SMILES string of the molecule is COC1=CC(C(C)(C)C)=C(O)CC1(c1ccccc1)N(CCCCCC(=O)O)C(N)=O. The van der Waals surface area contributed by atoms with Crippen LogP contribution in [0.2, 0.25) is 0 Å². The van der Waals surface area contributed by atoms with Crippen LogP contribution in [0.25, 0.3) is 0 Å². The Morgan fingerprint density at radius 1 is 1.16 bits per heavy atom. The summed E-state index contributed by atoms with van der Waals surface area (Å²) in [5.41, 5.74) is 5.98. The van der Waals surface area contributed by atoms with E-state index in [0.717, 1.165) is 11.1 Å². The van der Waals surface area contributed by atoms with Crippen LogP contribution in [-0.2, 0) is 15.1 Å². The third-order valence-corrected chi connectivity index (χ3v) is 5.70. The van der Waals surface area contributed by atoms with E-state index < -0.39 is 17.5 Å². The first-order chi connectivity index (χ1) is 14.5. The Kier molecular flexibility index (Phi) is 7.76. The third-order valence-electron chi connectivity index (χ3n) is 5.70. The Bertz CT molecular complexity index is 854. The first-order valence-electron chi connectivity index (χ1n) is 10.6. The molecule has 0 fully saturated rings. The number of benzene rings is 1. The quantitative estimate of drug-likeness (QED) is 0.492. The number of primary amides is 1. The molecule has 2 rings (SSSR count). The van der Waals surface area contributed by atoms with Crippen molar-refractivity contribution in [1.29, 1.82) is 0 Å². The molecule has 1 atom stereocenters. The van der Waals surface area contributed by atoms with Gasteiger partial charge in [0.05, 0.1) is 12.9 Å². The van der Waals surface area contributed by atoms with Crippen LogP contribution in [0.15, 0.2) is 53.5 Å². The van der Waals surface area contributed by atoms with Crippen molar-refractivity contribution in [3.8, 4) is 0 Å². The largest absolute Gasteiger partial charge is 0.512 e. The summed E-state index contributed by atoms with van der Waals surface area (Å²) >= 11 is 0. The smallest absolute Gasteiger partial charge is 0.315 e. The van der Waals surface area contributed by atoms with Gasteiger partial charge in [0, 0.05) is 19.4 Å². The number of aliphatic carboxylic acids is 1. The summed E-state index contributed by atoms with van der Waals surface area (Å²) in [4.78, 5) is 25.0. The second-order valence-electron chi connectivity index (χ2n) is 8.92. The molecule has 0 aliphatic heterocycles. The van der Waals surface area contributed by atoms with Gasteiger partial charge in [0.25, 0.3) is 0 Å². The molecule has 0 bridgehead atoms. The maximum atomic E-state index is 12.7. The number of nitrogens with zero attached hydrogens (tertiary/aromatic N) is 1. The van der Waals surface area contributed by atoms with E-state index in [1.807, 2.05) is 57.2 Å². The molecular weight excluding hydrogens is 396 g/mol. The minimum atomic E-state index is -1.09. The minimum absolute atomic E-state index is 0.0854. The molecule has 4 N–H and O–H groups in total. The van der Waals surface area contributed by atoms with Crippen LogP contribution >= 0.6 is 0 Å². The molecule has 1 aromatic rings. The van der Waals surface area contributed by atoms with E-state index in [0.29, 0.717) is 31.6 Å². The number of unbranched alkanes of at least 4 members (excludes halogenated alkanes) is 2. The Hall–Kier alpha value is -2.96. The predicted molar refractivity (Wildman–Crippen MR) is 119 cm³/mol. The Balaban J connectivity index is 2.51. The number of aliphatic hydroxyl groups excluding tert-OH is 1. The van der Waals surface area contributed by atoms with Gasteiger partial charge in [-0.2, -0.15) is 0 Å². The highest BCUT2D eigenvalue weighted by Crippen LogP contribution is 2.48. The van der Waals surface area contributed by atoms with Gasteiger partial charge in [-0.05, 0) is 35.5 Å². The van der Waals surface area contributed by atoms with E-state index in [-0.39, 0.29) is 24.0 Å². The van der Waals surface area contributed by atoms with Gasteiger partial charge >= 0.3 is 12.0 Å². The number of aliphatic hydroxyl groups is 1. The summed E-state index contributed by atoms with van der Waals surface area (Å²) in [5.74, 6) is -0.116. The molecule has 0 heterocycles. The van der Waals surface area contributed by atoms with Gasteiger partial charge in [-0.1, -0.05) is 57.5 Å². The molecule has 7 heteroatoms. The van der Waals surface area contributed by atoms with Crippen LogP contribution < -0.4 is 5.73 Å². The van der Waals surface area contributed by atoms with Crippen molar-refractivity contribution in [3.05, 3.63) is 59.1 Å². The van der Waals surface area contributed by atoms with Gasteiger partial charge in [0.15, 0.2) is 0 Å². The highest BCUT2D eigenvalue weighted by molar-refractivity contribution is 5.74. The monoisotopic (exact) mass is 430 g/mol. The van der Waals surface area contributed by atoms with Crippen molar-refractivity contribution in [2.45, 2.75) is 58.4 Å². The normalized spacial score (nSPS) is 19.0. The number of carbonyl (C=O) groups is 2. The molecule has 170 valence electrons. The first kappa shape index (κ1) is 24.3. The zero-order chi connectivity index (χ0) is 23.2. The molecule has 0 saturated carbocycles. The Morgan fingerprint density at radius 3 is 2.32 bits per heavy atom. The number of ether oxygens (including phenoxy) is 1. The number of hydrogen-bond donors (Lipinski definition) is 3. The summed E-state index contributed by atoms with van der Waals surface area (Å²) in [5, 5.41) is 19.9. The number of allylic oxidation sites excluding steroid dienone is 2. The second-order valence-corrected chi connectivity index (χ2v) is 8.92. The summed E-state index contributed by atoms with van der Waals surface area (Å²) in [7, 11) is 1.55. The van der Waals surface area contributed by atoms with Crippen molar-refractivity contribution in [2.24, 2.45) is 11.1 Å². The van der Waals surface area contributed by atoms with E-state index in [9.17, 15) is 14.7 Å². The molecule has 0 radical (unpaired) electrons. The maximum absolute atomic E-state index is 12.7. The van der Waals surface area contributed by atoms with Crippen molar-refractivity contribution in [2.75, 3.05) is 13.7 Å². The lowest BCUT2D eigenvalue weighted by Crippen LogP contribution is -2.55. The number of carboxylic acid groups (broad SMARTS) is 1. The third kappa shape index (κ3) is 5.40. The number of rotatable bonds is 9. The molecule has 1 unspecified atom stereocenters. The Labute approximate surface area is 184 Å². The summed E-state index contributed by atoms with van der Waals surface area (Å²) < 4.78 is 5.81. The number of methoxy groups -OCH3 is 1. The van der Waals surface area contributed by atoms with Crippen LogP contribution in [0, 0.1) is 5.41 Å². The summed E-state index contributed by atoms with van der Waals surface area (Å²) in [6.07, 6.45) is 3.78. The number of urea groups is 1. The zero-order valence-electron chi connectivity index (χ0n) is 18.9. The molecule has 1 aliphatic carbocycles. The fraction of sp³-hybridized carbons (Fsp3) is 0.500. The number of carboxylic acids is 1. The lowest BCUT2D eigenvalue weighted by Gasteiger charge is -2.47. The van der Waals surface area contributed by atoms with E-state index in [1.165, 1.54) is 4.90 Å². The summed E-state index contributed by atoms with van der Waals surface area (Å²) in [6.45, 7) is 6.33. The van der Waals surface area contributed by atoms with E-state index in [1.54, 1.807) is 7.11 Å². The lowest BCUT2D eigenvalue weighted by molar-refractivity contribution is -0.137. The fourth-order valence-corrected chi connectivity index (χ4v) is 4.19. The zero-order valence-corrected chi connectivity index (χ0v) is 18.9. The van der Waals surface area contributed by atoms with Crippen LogP contribution in [-0.4, -0.2) is 40.8 Å². The van der Waals surface area contributed by atoms with Crippen LogP contribution in [0.5, 0.6) is 0 Å². The minimum Gasteiger partial charge on any atom is -0.512 e. The van der Waals surface area contributed by atoms with Gasteiger partial charge in [-0.3, -0.25) is 4.79 Å². The number of hydrogen-bond acceptors (Lipinski definition) is 4. The highest BCUT2D eigenvalue weighted by atomic mass is 16.5. The van der Waals surface area contributed by atoms with Crippen LogP contribution in [0.1, 0.15) is 58.4 Å². The van der Waals surface area contributed by atoms with Gasteiger partial charge in [-0.15, -0.1) is 0 Å². The van der Waals surface area contributed by atoms with Gasteiger partial charge < -0.3 is 25.6 Å². The van der Waals surface area contributed by atoms with E-state index in [2.05, 4.69) is 0 Å². The molecule has 0 saturated heterocycles. The summed E-state index contributed by atoms with van der Waals surface area (Å²) in [6, 6.07) is 8.78. The van der Waals surface area contributed by atoms with E-state index in [4.69, 9.17) is 15.6 Å². The molecule has 1 aromatic carbocycles. The van der Waals surface area contributed by atoms with Crippen molar-refractivity contribution < 1.29 is 24.5 Å². The average molecular weight is 431 g/mol. The first-order valence-corrected chi connectivity index (χ1v) is 10.6. The van der Waals surface area contributed by atoms with Gasteiger partial charge in [0.2, 0.25) is 0 Å². The molecular formula is C24H34N2O5. The fourth-order valence-electron chi connectivity index (χ4n) is 4.19. The number of amides is 2. The topological polar surface area (TPSA) is 113 Å². The van der Waals surface area contributed by atoms with Gasteiger partial charge in [0.1, 0.15) is 11.3 Å². The number of nitrogens with two attached hydrogens (primary N) is 1. The highest BCUT2D eigenvalue weighted by Gasteiger charge is 2.49. The van der Waals surface area contributed by atoms with E-state index >= 15 is 0 Å². The number of carbonyl (C=O) groups excluding carboxylic acids is 1. The predicted octanol–water partition coefficient (Wildman–Crippen LogP) is 4.70. The van der Waals surface area contributed by atoms with Crippen molar-refractivity contribution in [3.63, 3.8) is 0 Å². The molecule has 31 heavy (non-hydrogen) atoms. The molecule has 0 spiro atoms. The second kappa shape index (κ2) is 9.90. The molecule has 2 amide bonds. The average Bonchev–Trinajstić information content (AvgIpc) is 2.69. The molecule has 7 nitrogen and oxygen atoms in total. The molecule has 0 aromatic heterocycles. The van der Waals surface area contributed by atoms with Crippen molar-refractivity contribution in [1.82, 2.24) is 4.90 Å². The van der Waals surface area contributed by atoms with Gasteiger partial charge in [-0.25, -0.2) is 4.79 Å². The van der Waals surface area contributed by atoms with Crippen molar-refractivity contribution >= 4 is 12.0 Å². The van der Waals surface area contributed by atoms with Crippen LogP contribution in [0.3, 0.4) is 0 Å². The Morgan fingerprint density at radius 2 is 1.81 bits per heavy atom. The van der Waals surface area contributed by atoms with Crippen LogP contribution in [0.4, 0.5) is 4.79 Å².